The molecule has 1 unspecified atom stereocenters. The second kappa shape index (κ2) is 10.0. The number of aliphatic hydroxyl groups is 1. The lowest BCUT2D eigenvalue weighted by Crippen LogP contribution is -2.39. The number of H-pyrrole nitrogens is 1. The molecule has 3 rings (SSSR count). The number of hydrogen-bond donors (Lipinski definition) is 4. The van der Waals surface area contributed by atoms with Crippen molar-refractivity contribution in [2.24, 2.45) is 4.99 Å². The van der Waals surface area contributed by atoms with Crippen LogP contribution in [0.4, 0.5) is 0 Å². The van der Waals surface area contributed by atoms with Crippen LogP contribution in [-0.4, -0.2) is 40.7 Å². The van der Waals surface area contributed by atoms with Crippen LogP contribution in [0.3, 0.4) is 0 Å². The molecule has 0 amide bonds. The second-order valence-corrected chi connectivity index (χ2v) is 7.27. The number of halogens is 1. The lowest BCUT2D eigenvalue weighted by molar-refractivity contribution is 0.0711. The predicted octanol–water partition coefficient (Wildman–Crippen LogP) is 3.25. The van der Waals surface area contributed by atoms with E-state index in [1.807, 2.05) is 48.7 Å². The van der Waals surface area contributed by atoms with Gasteiger partial charge in [-0.15, -0.1) is 35.3 Å². The molecule has 0 aliphatic rings. The van der Waals surface area contributed by atoms with Crippen LogP contribution in [0, 0.1) is 0 Å². The molecule has 0 radical (unpaired) electrons. The first kappa shape index (κ1) is 21.6. The predicted molar refractivity (Wildman–Crippen MR) is 123 cm³/mol. The number of thiophene rings is 1. The summed E-state index contributed by atoms with van der Waals surface area (Å²) >= 11 is 1.54. The monoisotopic (exact) mass is 499 g/mol. The fourth-order valence-corrected chi connectivity index (χ4v) is 3.44. The highest BCUT2D eigenvalue weighted by Gasteiger charge is 2.23. The SMILES string of the molecule is CCNC(=NCC(C)(O)c1cccs1)NCCc1nc2ccccc2[nH]1.I. The van der Waals surface area contributed by atoms with Gasteiger partial charge in [-0.1, -0.05) is 18.2 Å². The van der Waals surface area contributed by atoms with Gasteiger partial charge in [-0.05, 0) is 37.4 Å². The number of nitrogens with zero attached hydrogens (tertiary/aromatic N) is 2. The van der Waals surface area contributed by atoms with Crippen LogP contribution in [0.15, 0.2) is 46.8 Å². The van der Waals surface area contributed by atoms with Gasteiger partial charge in [0.2, 0.25) is 0 Å². The number of imidazole rings is 1. The highest BCUT2D eigenvalue weighted by atomic mass is 127. The zero-order valence-corrected chi connectivity index (χ0v) is 18.7. The van der Waals surface area contributed by atoms with Gasteiger partial charge in [0.05, 0.1) is 17.6 Å². The van der Waals surface area contributed by atoms with Crippen LogP contribution >= 0.6 is 35.3 Å². The van der Waals surface area contributed by atoms with Crippen molar-refractivity contribution in [2.75, 3.05) is 19.6 Å². The molecule has 2 aromatic heterocycles. The zero-order valence-electron chi connectivity index (χ0n) is 15.5. The zero-order chi connectivity index (χ0) is 18.4. The van der Waals surface area contributed by atoms with E-state index < -0.39 is 5.60 Å². The summed E-state index contributed by atoms with van der Waals surface area (Å²) in [5, 5.41) is 19.1. The van der Waals surface area contributed by atoms with E-state index in [-0.39, 0.29) is 24.0 Å². The van der Waals surface area contributed by atoms with Crippen LogP contribution < -0.4 is 10.6 Å². The molecule has 2 heterocycles. The molecule has 1 aromatic carbocycles. The van der Waals surface area contributed by atoms with Crippen molar-refractivity contribution in [1.29, 1.82) is 0 Å². The average Bonchev–Trinajstić information content (AvgIpc) is 3.29. The fraction of sp³-hybridized carbons (Fsp3) is 0.368. The number of rotatable bonds is 7. The quantitative estimate of drug-likeness (QED) is 0.229. The molecule has 0 saturated heterocycles. The van der Waals surface area contributed by atoms with E-state index in [1.165, 1.54) is 11.3 Å². The van der Waals surface area contributed by atoms with E-state index in [1.54, 1.807) is 6.92 Å². The molecule has 0 saturated carbocycles. The summed E-state index contributed by atoms with van der Waals surface area (Å²) in [5.41, 5.74) is 1.07. The van der Waals surface area contributed by atoms with Gasteiger partial charge in [0, 0.05) is 24.4 Å². The normalized spacial score (nSPS) is 13.8. The molecule has 8 heteroatoms. The molecule has 0 bridgehead atoms. The van der Waals surface area contributed by atoms with Crippen LogP contribution in [0.1, 0.15) is 24.5 Å². The van der Waals surface area contributed by atoms with E-state index in [0.717, 1.165) is 34.7 Å². The molecular weight excluding hydrogens is 473 g/mol. The number of para-hydroxylation sites is 2. The maximum atomic E-state index is 10.6. The maximum Gasteiger partial charge on any atom is 0.191 e. The van der Waals surface area contributed by atoms with E-state index >= 15 is 0 Å². The number of fused-ring (bicyclic) bond motifs is 1. The molecule has 0 spiro atoms. The Morgan fingerprint density at radius 3 is 2.78 bits per heavy atom. The van der Waals surface area contributed by atoms with Crippen LogP contribution in [0.5, 0.6) is 0 Å². The number of aromatic nitrogens is 2. The summed E-state index contributed by atoms with van der Waals surface area (Å²) in [4.78, 5) is 13.4. The smallest absolute Gasteiger partial charge is 0.191 e. The van der Waals surface area contributed by atoms with E-state index in [4.69, 9.17) is 0 Å². The van der Waals surface area contributed by atoms with Crippen molar-refractivity contribution < 1.29 is 5.11 Å². The summed E-state index contributed by atoms with van der Waals surface area (Å²) in [5.74, 6) is 1.64. The molecule has 0 fully saturated rings. The van der Waals surface area contributed by atoms with Crippen LogP contribution in [-0.2, 0) is 12.0 Å². The topological polar surface area (TPSA) is 85.3 Å². The molecule has 0 aliphatic carbocycles. The average molecular weight is 499 g/mol. The number of guanidine groups is 1. The first-order valence-electron chi connectivity index (χ1n) is 8.80. The lowest BCUT2D eigenvalue weighted by Gasteiger charge is -2.20. The summed E-state index contributed by atoms with van der Waals surface area (Å²) in [6, 6.07) is 11.9. The number of benzene rings is 1. The number of aliphatic imine (C=N–C) groups is 1. The van der Waals surface area contributed by atoms with Crippen LogP contribution in [0.25, 0.3) is 11.0 Å². The third-order valence-corrected chi connectivity index (χ3v) is 5.16. The molecule has 1 atom stereocenters. The minimum absolute atomic E-state index is 0. The fourth-order valence-electron chi connectivity index (χ4n) is 2.66. The molecule has 6 nitrogen and oxygen atoms in total. The number of nitrogens with one attached hydrogen (secondary N) is 3. The molecule has 4 N–H and O–H groups in total. The Labute approximate surface area is 180 Å². The minimum Gasteiger partial charge on any atom is -0.383 e. The third-order valence-electron chi connectivity index (χ3n) is 4.03. The van der Waals surface area contributed by atoms with Gasteiger partial charge in [-0.25, -0.2) is 9.98 Å². The largest absolute Gasteiger partial charge is 0.383 e. The van der Waals surface area contributed by atoms with Gasteiger partial charge in [0.25, 0.3) is 0 Å². The highest BCUT2D eigenvalue weighted by Crippen LogP contribution is 2.25. The molecule has 146 valence electrons. The van der Waals surface area contributed by atoms with Gasteiger partial charge < -0.3 is 20.7 Å². The van der Waals surface area contributed by atoms with Gasteiger partial charge >= 0.3 is 0 Å². The Morgan fingerprint density at radius 1 is 1.26 bits per heavy atom. The summed E-state index contributed by atoms with van der Waals surface area (Å²) < 4.78 is 0. The first-order valence-corrected chi connectivity index (χ1v) is 9.68. The Bertz CT molecular complexity index is 827. The van der Waals surface area contributed by atoms with E-state index in [9.17, 15) is 5.11 Å². The van der Waals surface area contributed by atoms with Crippen molar-refractivity contribution in [3.63, 3.8) is 0 Å². The second-order valence-electron chi connectivity index (χ2n) is 6.32. The Morgan fingerprint density at radius 2 is 2.07 bits per heavy atom. The highest BCUT2D eigenvalue weighted by molar-refractivity contribution is 14.0. The van der Waals surface area contributed by atoms with E-state index in [0.29, 0.717) is 19.0 Å². The lowest BCUT2D eigenvalue weighted by atomic mass is 10.1. The summed E-state index contributed by atoms with van der Waals surface area (Å²) in [7, 11) is 0. The third kappa shape index (κ3) is 5.91. The van der Waals surface area contributed by atoms with Crippen molar-refractivity contribution in [3.05, 3.63) is 52.5 Å². The summed E-state index contributed by atoms with van der Waals surface area (Å²) in [6.45, 7) is 5.58. The van der Waals surface area contributed by atoms with Crippen molar-refractivity contribution in [2.45, 2.75) is 25.9 Å². The van der Waals surface area contributed by atoms with Crippen molar-refractivity contribution in [1.82, 2.24) is 20.6 Å². The number of hydrogen-bond acceptors (Lipinski definition) is 4. The van der Waals surface area contributed by atoms with Gasteiger partial charge in [0.1, 0.15) is 11.4 Å². The standard InChI is InChI=1S/C19H25N5OS.HI/c1-3-20-18(22-13-19(2,25)16-9-6-12-26-16)21-11-10-17-23-14-7-4-5-8-15(14)24-17;/h4-9,12,25H,3,10-11,13H2,1-2H3,(H,23,24)(H2,20,21,22);1H. The molecule has 0 aliphatic heterocycles. The van der Waals surface area contributed by atoms with Gasteiger partial charge in [-0.2, -0.15) is 0 Å². The molecule has 27 heavy (non-hydrogen) atoms. The number of aromatic amines is 1. The maximum absolute atomic E-state index is 10.6. The first-order chi connectivity index (χ1) is 12.6. The summed E-state index contributed by atoms with van der Waals surface area (Å²) in [6.07, 6.45) is 0.764. The van der Waals surface area contributed by atoms with E-state index in [2.05, 4.69) is 25.6 Å². The van der Waals surface area contributed by atoms with Crippen molar-refractivity contribution >= 4 is 52.3 Å². The molecular formula is C19H26IN5OS. The van der Waals surface area contributed by atoms with Gasteiger partial charge in [-0.3, -0.25) is 0 Å². The minimum atomic E-state index is -0.963. The Kier molecular flexibility index (Phi) is 8.06. The Hall–Kier alpha value is -1.65. The van der Waals surface area contributed by atoms with Gasteiger partial charge in [0.15, 0.2) is 5.96 Å². The Balaban J connectivity index is 0.00000261. The van der Waals surface area contributed by atoms with Crippen LogP contribution in [0.2, 0.25) is 0 Å². The molecule has 3 aromatic rings. The van der Waals surface area contributed by atoms with Crippen molar-refractivity contribution in [3.8, 4) is 0 Å².